The van der Waals surface area contributed by atoms with Gasteiger partial charge in [-0.25, -0.2) is 0 Å². The van der Waals surface area contributed by atoms with Crippen molar-refractivity contribution in [1.82, 2.24) is 5.32 Å². The van der Waals surface area contributed by atoms with Crippen LogP contribution in [0.15, 0.2) is 23.8 Å². The van der Waals surface area contributed by atoms with Crippen LogP contribution in [0.4, 0.5) is 0 Å². The highest BCUT2D eigenvalue weighted by Gasteiger charge is 2.19. The molecule has 0 aromatic carbocycles. The lowest BCUT2D eigenvalue weighted by Crippen LogP contribution is -2.36. The maximum atomic E-state index is 12.0. The average Bonchev–Trinajstić information content (AvgIpc) is 3.07. The Morgan fingerprint density at radius 3 is 2.69 bits per heavy atom. The molecule has 0 bridgehead atoms. The zero-order valence-electron chi connectivity index (χ0n) is 15.5. The molecule has 0 radical (unpaired) electrons. The van der Waals surface area contributed by atoms with E-state index in [4.69, 9.17) is 4.74 Å². The molecule has 0 aliphatic heterocycles. The number of thiophene rings is 1. The summed E-state index contributed by atoms with van der Waals surface area (Å²) >= 11 is 1.42. The van der Waals surface area contributed by atoms with Gasteiger partial charge < -0.3 is 10.1 Å². The number of amides is 1. The number of ketones is 1. The predicted octanol–water partition coefficient (Wildman–Crippen LogP) is 3.96. The molecule has 142 valence electrons. The Labute approximate surface area is 158 Å². The number of Topliss-reactive ketones (excluding diaryl/α,β-unsaturated/α-hetero) is 1. The first-order chi connectivity index (χ1) is 12.5. The van der Waals surface area contributed by atoms with Gasteiger partial charge in [0.25, 0.3) is 5.91 Å². The number of allylic oxidation sites excluding steroid dienone is 1. The van der Waals surface area contributed by atoms with Gasteiger partial charge in [0.05, 0.1) is 11.3 Å². The van der Waals surface area contributed by atoms with E-state index in [2.05, 4.69) is 11.4 Å². The second kappa shape index (κ2) is 10.3. The van der Waals surface area contributed by atoms with Gasteiger partial charge in [-0.15, -0.1) is 11.3 Å². The zero-order valence-corrected chi connectivity index (χ0v) is 16.3. The molecule has 6 heteroatoms. The first kappa shape index (κ1) is 20.4. The van der Waals surface area contributed by atoms with Gasteiger partial charge in [-0.2, -0.15) is 0 Å². The highest BCUT2D eigenvalue weighted by Crippen LogP contribution is 2.19. The SMILES string of the molecule is Cc1ccc(C(=O)CCC(=O)O[C@@H](C)C(=O)NCCC2=CCCCC2)s1. The summed E-state index contributed by atoms with van der Waals surface area (Å²) in [5.41, 5.74) is 1.39. The summed E-state index contributed by atoms with van der Waals surface area (Å²) in [5.74, 6) is -0.892. The Balaban J connectivity index is 1.64. The first-order valence-electron chi connectivity index (χ1n) is 9.20. The summed E-state index contributed by atoms with van der Waals surface area (Å²) in [6, 6.07) is 3.65. The molecule has 1 N–H and O–H groups in total. The zero-order chi connectivity index (χ0) is 18.9. The van der Waals surface area contributed by atoms with E-state index >= 15 is 0 Å². The second-order valence-corrected chi connectivity index (χ2v) is 7.90. The maximum Gasteiger partial charge on any atom is 0.307 e. The quantitative estimate of drug-likeness (QED) is 0.402. The fourth-order valence-electron chi connectivity index (χ4n) is 2.85. The summed E-state index contributed by atoms with van der Waals surface area (Å²) in [7, 11) is 0. The minimum atomic E-state index is -0.845. The van der Waals surface area contributed by atoms with Crippen molar-refractivity contribution in [1.29, 1.82) is 0 Å². The van der Waals surface area contributed by atoms with Crippen LogP contribution in [0.2, 0.25) is 0 Å². The van der Waals surface area contributed by atoms with Gasteiger partial charge in [0.15, 0.2) is 11.9 Å². The highest BCUT2D eigenvalue weighted by molar-refractivity contribution is 7.14. The molecule has 1 aromatic rings. The van der Waals surface area contributed by atoms with Crippen LogP contribution in [0.25, 0.3) is 0 Å². The summed E-state index contributed by atoms with van der Waals surface area (Å²) in [5, 5.41) is 2.81. The van der Waals surface area contributed by atoms with Crippen molar-refractivity contribution in [2.75, 3.05) is 6.54 Å². The van der Waals surface area contributed by atoms with Gasteiger partial charge in [0.2, 0.25) is 0 Å². The molecule has 5 nitrogen and oxygen atoms in total. The van der Waals surface area contributed by atoms with E-state index in [1.807, 2.05) is 13.0 Å². The van der Waals surface area contributed by atoms with Crippen molar-refractivity contribution in [3.63, 3.8) is 0 Å². The normalized spacial score (nSPS) is 15.1. The Morgan fingerprint density at radius 2 is 2.04 bits per heavy atom. The second-order valence-electron chi connectivity index (χ2n) is 6.61. The molecule has 1 amide bonds. The molecule has 2 rings (SSSR count). The lowest BCUT2D eigenvalue weighted by Gasteiger charge is -2.15. The molecule has 1 aliphatic carbocycles. The molecule has 0 unspecified atom stereocenters. The third-order valence-electron chi connectivity index (χ3n) is 4.38. The van der Waals surface area contributed by atoms with Crippen molar-refractivity contribution < 1.29 is 19.1 Å². The number of aryl methyl sites for hydroxylation is 1. The largest absolute Gasteiger partial charge is 0.453 e. The van der Waals surface area contributed by atoms with Crippen LogP contribution >= 0.6 is 11.3 Å². The predicted molar refractivity (Wildman–Crippen MR) is 102 cm³/mol. The van der Waals surface area contributed by atoms with Crippen LogP contribution in [0.5, 0.6) is 0 Å². The Morgan fingerprint density at radius 1 is 1.23 bits per heavy atom. The molecule has 1 aromatic heterocycles. The van der Waals surface area contributed by atoms with E-state index < -0.39 is 12.1 Å². The van der Waals surface area contributed by atoms with Crippen LogP contribution in [-0.2, 0) is 14.3 Å². The van der Waals surface area contributed by atoms with Crippen molar-refractivity contribution in [3.05, 3.63) is 33.5 Å². The number of esters is 1. The Kier molecular flexibility index (Phi) is 8.04. The van der Waals surface area contributed by atoms with Crippen molar-refractivity contribution in [2.45, 2.75) is 64.9 Å². The average molecular weight is 378 g/mol. The van der Waals surface area contributed by atoms with Gasteiger partial charge in [0.1, 0.15) is 0 Å². The van der Waals surface area contributed by atoms with E-state index in [-0.39, 0.29) is 24.5 Å². The van der Waals surface area contributed by atoms with E-state index in [0.29, 0.717) is 11.4 Å². The fourth-order valence-corrected chi connectivity index (χ4v) is 3.69. The van der Waals surface area contributed by atoms with Crippen LogP contribution < -0.4 is 5.32 Å². The number of ether oxygens (including phenoxy) is 1. The van der Waals surface area contributed by atoms with Crippen molar-refractivity contribution >= 4 is 29.0 Å². The van der Waals surface area contributed by atoms with E-state index in [1.54, 1.807) is 13.0 Å². The summed E-state index contributed by atoms with van der Waals surface area (Å²) in [4.78, 5) is 37.6. The topological polar surface area (TPSA) is 72.5 Å². The summed E-state index contributed by atoms with van der Waals surface area (Å²) in [6.45, 7) is 4.04. The molecule has 0 saturated carbocycles. The van der Waals surface area contributed by atoms with Crippen LogP contribution in [0.1, 0.15) is 66.4 Å². The van der Waals surface area contributed by atoms with E-state index in [1.165, 1.54) is 29.8 Å². The third-order valence-corrected chi connectivity index (χ3v) is 5.42. The highest BCUT2D eigenvalue weighted by atomic mass is 32.1. The third kappa shape index (κ3) is 6.75. The standard InChI is InChI=1S/C20H27NO4S/c1-14-8-10-18(26-14)17(22)9-11-19(23)25-15(2)20(24)21-13-12-16-6-4-3-5-7-16/h6,8,10,15H,3-5,7,9,11-13H2,1-2H3,(H,21,24)/t15-/m0/s1. The number of hydrogen-bond acceptors (Lipinski definition) is 5. The van der Waals surface area contributed by atoms with E-state index in [0.717, 1.165) is 24.1 Å². The lowest BCUT2D eigenvalue weighted by atomic mass is 9.97. The molecule has 0 spiro atoms. The fraction of sp³-hybridized carbons (Fsp3) is 0.550. The molecular weight excluding hydrogens is 350 g/mol. The number of rotatable bonds is 9. The molecule has 0 saturated heterocycles. The summed E-state index contributed by atoms with van der Waals surface area (Å²) in [6.07, 6.45) is 7.05. The van der Waals surface area contributed by atoms with E-state index in [9.17, 15) is 14.4 Å². The molecule has 1 heterocycles. The molecular formula is C20H27NO4S. The Bertz CT molecular complexity index is 677. The number of carbonyl (C=O) groups is 3. The van der Waals surface area contributed by atoms with Crippen LogP contribution in [0.3, 0.4) is 0 Å². The van der Waals surface area contributed by atoms with Gasteiger partial charge in [-0.1, -0.05) is 11.6 Å². The van der Waals surface area contributed by atoms with Crippen molar-refractivity contribution in [3.8, 4) is 0 Å². The minimum absolute atomic E-state index is 0.0136. The number of nitrogens with one attached hydrogen (secondary N) is 1. The van der Waals surface area contributed by atoms with Crippen LogP contribution in [0, 0.1) is 6.92 Å². The molecule has 0 fully saturated rings. The van der Waals surface area contributed by atoms with Gasteiger partial charge in [0, 0.05) is 17.8 Å². The maximum absolute atomic E-state index is 12.0. The van der Waals surface area contributed by atoms with Gasteiger partial charge in [-0.3, -0.25) is 14.4 Å². The van der Waals surface area contributed by atoms with Gasteiger partial charge in [-0.05, 0) is 58.1 Å². The minimum Gasteiger partial charge on any atom is -0.453 e. The molecule has 1 aliphatic rings. The molecule has 1 atom stereocenters. The lowest BCUT2D eigenvalue weighted by molar-refractivity contribution is -0.154. The smallest absolute Gasteiger partial charge is 0.307 e. The Hall–Kier alpha value is -1.95. The molecule has 26 heavy (non-hydrogen) atoms. The number of carbonyl (C=O) groups excluding carboxylic acids is 3. The van der Waals surface area contributed by atoms with Crippen molar-refractivity contribution in [2.24, 2.45) is 0 Å². The first-order valence-corrected chi connectivity index (χ1v) is 10.0. The van der Waals surface area contributed by atoms with Crippen LogP contribution in [-0.4, -0.2) is 30.3 Å². The number of hydrogen-bond donors (Lipinski definition) is 1. The monoisotopic (exact) mass is 377 g/mol. The van der Waals surface area contributed by atoms with Gasteiger partial charge >= 0.3 is 5.97 Å². The summed E-state index contributed by atoms with van der Waals surface area (Å²) < 4.78 is 5.13.